The van der Waals surface area contributed by atoms with Crippen LogP contribution in [-0.2, 0) is 0 Å². The van der Waals surface area contributed by atoms with Crippen LogP contribution in [0.25, 0.3) is 22.2 Å². The van der Waals surface area contributed by atoms with E-state index in [0.29, 0.717) is 22.6 Å². The molecule has 8 nitrogen and oxygen atoms in total. The largest absolute Gasteiger partial charge is 0.334 e. The lowest BCUT2D eigenvalue weighted by molar-refractivity contribution is -0.385. The van der Waals surface area contributed by atoms with E-state index in [2.05, 4.69) is 15.5 Å². The Balaban J connectivity index is 1.63. The number of rotatable bonds is 5. The predicted molar refractivity (Wildman–Crippen MR) is 109 cm³/mol. The number of amides is 1. The Kier molecular flexibility index (Phi) is 4.88. The highest BCUT2D eigenvalue weighted by Gasteiger charge is 2.18. The minimum atomic E-state index is -0.509. The van der Waals surface area contributed by atoms with Gasteiger partial charge in [-0.3, -0.25) is 14.9 Å². The third kappa shape index (κ3) is 3.76. The Morgan fingerprint density at radius 1 is 1.17 bits per heavy atom. The molecule has 2 heterocycles. The first-order valence-corrected chi connectivity index (χ1v) is 9.44. The number of hydrogen-bond acceptors (Lipinski definition) is 7. The van der Waals surface area contributed by atoms with E-state index in [1.54, 1.807) is 43.3 Å². The van der Waals surface area contributed by atoms with Crippen molar-refractivity contribution >= 4 is 28.6 Å². The van der Waals surface area contributed by atoms with Crippen LogP contribution < -0.4 is 5.32 Å². The summed E-state index contributed by atoms with van der Waals surface area (Å²) in [5.41, 5.74) is 1.57. The molecule has 0 aliphatic rings. The summed E-state index contributed by atoms with van der Waals surface area (Å²) in [6.07, 6.45) is 0. The summed E-state index contributed by atoms with van der Waals surface area (Å²) in [5, 5.41) is 19.8. The van der Waals surface area contributed by atoms with Gasteiger partial charge in [-0.1, -0.05) is 29.4 Å². The van der Waals surface area contributed by atoms with Gasteiger partial charge >= 0.3 is 0 Å². The Morgan fingerprint density at radius 2 is 2.00 bits per heavy atom. The third-order valence-electron chi connectivity index (χ3n) is 4.24. The van der Waals surface area contributed by atoms with Gasteiger partial charge < -0.3 is 9.84 Å². The van der Waals surface area contributed by atoms with Crippen LogP contribution in [-0.4, -0.2) is 21.0 Å². The molecule has 0 bridgehead atoms. The summed E-state index contributed by atoms with van der Waals surface area (Å²) in [6.45, 7) is 1.62. The number of hydrogen-bond donors (Lipinski definition) is 1. The predicted octanol–water partition coefficient (Wildman–Crippen LogP) is 4.93. The molecule has 0 fully saturated rings. The number of nitro benzene ring substituents is 1. The lowest BCUT2D eigenvalue weighted by Gasteiger charge is -2.09. The fourth-order valence-electron chi connectivity index (χ4n) is 2.76. The Hall–Kier alpha value is -3.85. The van der Waals surface area contributed by atoms with Crippen LogP contribution in [0.3, 0.4) is 0 Å². The van der Waals surface area contributed by atoms with Crippen molar-refractivity contribution in [3.8, 4) is 22.2 Å². The molecule has 0 aliphatic carbocycles. The molecular formula is C20H14N4O4S. The molecular weight excluding hydrogens is 392 g/mol. The van der Waals surface area contributed by atoms with Crippen LogP contribution in [0.5, 0.6) is 0 Å². The molecule has 1 N–H and O–H groups in total. The number of aromatic nitrogens is 2. The van der Waals surface area contributed by atoms with Gasteiger partial charge in [0, 0.05) is 17.2 Å². The Labute approximate surface area is 169 Å². The van der Waals surface area contributed by atoms with E-state index in [-0.39, 0.29) is 17.1 Å². The van der Waals surface area contributed by atoms with Crippen LogP contribution in [0.4, 0.5) is 11.4 Å². The van der Waals surface area contributed by atoms with Gasteiger partial charge in [0.2, 0.25) is 5.82 Å². The molecule has 0 atom stereocenters. The Morgan fingerprint density at radius 3 is 2.76 bits per heavy atom. The van der Waals surface area contributed by atoms with Crippen LogP contribution in [0.1, 0.15) is 15.9 Å². The van der Waals surface area contributed by atoms with Crippen molar-refractivity contribution in [2.75, 3.05) is 5.32 Å². The smallest absolute Gasteiger partial charge is 0.273 e. The van der Waals surface area contributed by atoms with E-state index in [9.17, 15) is 14.9 Å². The van der Waals surface area contributed by atoms with E-state index in [0.717, 1.165) is 4.88 Å². The van der Waals surface area contributed by atoms with E-state index in [4.69, 9.17) is 4.52 Å². The molecule has 0 aliphatic heterocycles. The highest BCUT2D eigenvalue weighted by molar-refractivity contribution is 7.13. The standard InChI is InChI=1S/C20H14N4O4S/c1-12-8-9-13(11-16(12)24(26)27)19(25)21-15-6-3-2-5-14(15)20-22-18(23-28-20)17-7-4-10-29-17/h2-11H,1H3,(H,21,25). The summed E-state index contributed by atoms with van der Waals surface area (Å²) in [6, 6.07) is 15.1. The molecule has 0 saturated heterocycles. The molecule has 0 saturated carbocycles. The maximum Gasteiger partial charge on any atom is 0.273 e. The van der Waals surface area contributed by atoms with Crippen LogP contribution in [0.15, 0.2) is 64.5 Å². The van der Waals surface area contributed by atoms with E-state index < -0.39 is 10.8 Å². The number of anilines is 1. The zero-order valence-corrected chi connectivity index (χ0v) is 16.0. The van der Waals surface area contributed by atoms with Gasteiger partial charge in [0.1, 0.15) is 0 Å². The van der Waals surface area contributed by atoms with Crippen molar-refractivity contribution in [3.63, 3.8) is 0 Å². The van der Waals surface area contributed by atoms with Gasteiger partial charge in [-0.15, -0.1) is 11.3 Å². The van der Waals surface area contributed by atoms with Crippen LogP contribution >= 0.6 is 11.3 Å². The van der Waals surface area contributed by atoms with E-state index in [1.165, 1.54) is 17.4 Å². The third-order valence-corrected chi connectivity index (χ3v) is 5.11. The summed E-state index contributed by atoms with van der Waals surface area (Å²) >= 11 is 1.49. The zero-order valence-electron chi connectivity index (χ0n) is 15.2. The molecule has 2 aromatic heterocycles. The van der Waals surface area contributed by atoms with E-state index in [1.807, 2.05) is 17.5 Å². The van der Waals surface area contributed by atoms with Gasteiger partial charge in [0.15, 0.2) is 0 Å². The minimum Gasteiger partial charge on any atom is -0.334 e. The molecule has 9 heteroatoms. The first-order valence-electron chi connectivity index (χ1n) is 8.56. The lowest BCUT2D eigenvalue weighted by atomic mass is 10.1. The number of carbonyl (C=O) groups is 1. The van der Waals surface area contributed by atoms with Crippen molar-refractivity contribution in [2.24, 2.45) is 0 Å². The van der Waals surface area contributed by atoms with Gasteiger partial charge in [-0.05, 0) is 36.6 Å². The lowest BCUT2D eigenvalue weighted by Crippen LogP contribution is -2.13. The van der Waals surface area contributed by atoms with Gasteiger partial charge in [-0.2, -0.15) is 4.98 Å². The molecule has 144 valence electrons. The highest BCUT2D eigenvalue weighted by atomic mass is 32.1. The molecule has 1 amide bonds. The van der Waals surface area contributed by atoms with Crippen molar-refractivity contribution < 1.29 is 14.2 Å². The quantitative estimate of drug-likeness (QED) is 0.371. The number of aryl methyl sites for hydroxylation is 1. The Bertz CT molecular complexity index is 1200. The number of nitrogens with one attached hydrogen (secondary N) is 1. The van der Waals surface area contributed by atoms with Gasteiger partial charge in [-0.25, -0.2) is 0 Å². The number of para-hydroxylation sites is 1. The summed E-state index contributed by atoms with van der Waals surface area (Å²) in [7, 11) is 0. The summed E-state index contributed by atoms with van der Waals surface area (Å²) in [5.74, 6) is 0.253. The number of thiophene rings is 1. The second-order valence-electron chi connectivity index (χ2n) is 6.16. The second-order valence-corrected chi connectivity index (χ2v) is 7.11. The maximum atomic E-state index is 12.7. The summed E-state index contributed by atoms with van der Waals surface area (Å²) in [4.78, 5) is 28.6. The van der Waals surface area contributed by atoms with Crippen molar-refractivity contribution in [1.82, 2.24) is 10.1 Å². The highest BCUT2D eigenvalue weighted by Crippen LogP contribution is 2.30. The fourth-order valence-corrected chi connectivity index (χ4v) is 3.41. The van der Waals surface area contributed by atoms with Gasteiger partial charge in [0.05, 0.1) is 21.1 Å². The normalized spacial score (nSPS) is 10.7. The number of benzene rings is 2. The molecule has 4 aromatic rings. The molecule has 0 radical (unpaired) electrons. The van der Waals surface area contributed by atoms with Crippen molar-refractivity contribution in [1.29, 1.82) is 0 Å². The van der Waals surface area contributed by atoms with Crippen LogP contribution in [0, 0.1) is 17.0 Å². The number of nitrogens with zero attached hydrogens (tertiary/aromatic N) is 3. The number of carbonyl (C=O) groups excluding carboxylic acids is 1. The van der Waals surface area contributed by atoms with Crippen molar-refractivity contribution in [2.45, 2.75) is 6.92 Å². The molecule has 29 heavy (non-hydrogen) atoms. The number of nitro groups is 1. The maximum absolute atomic E-state index is 12.7. The minimum absolute atomic E-state index is 0.108. The molecule has 4 rings (SSSR count). The molecule has 0 spiro atoms. The van der Waals surface area contributed by atoms with Crippen LogP contribution in [0.2, 0.25) is 0 Å². The average Bonchev–Trinajstić information content (AvgIpc) is 3.40. The zero-order chi connectivity index (χ0) is 20.4. The topological polar surface area (TPSA) is 111 Å². The fraction of sp³-hybridized carbons (Fsp3) is 0.0500. The van der Waals surface area contributed by atoms with Crippen molar-refractivity contribution in [3.05, 3.63) is 81.2 Å². The molecule has 2 aromatic carbocycles. The second kappa shape index (κ2) is 7.64. The van der Waals surface area contributed by atoms with E-state index >= 15 is 0 Å². The summed E-state index contributed by atoms with van der Waals surface area (Å²) < 4.78 is 5.37. The first kappa shape index (κ1) is 18.5. The average molecular weight is 406 g/mol. The monoisotopic (exact) mass is 406 g/mol. The SMILES string of the molecule is Cc1ccc(C(=O)Nc2ccccc2-c2nc(-c3cccs3)no2)cc1[N+](=O)[O-]. The molecule has 0 unspecified atom stereocenters. The first-order chi connectivity index (χ1) is 14.0. The van der Waals surface area contributed by atoms with Gasteiger partial charge in [0.25, 0.3) is 17.5 Å².